The first-order chi connectivity index (χ1) is 47.2. The van der Waals surface area contributed by atoms with Crippen molar-refractivity contribution in [2.24, 2.45) is 0 Å². The normalized spacial score (nSPS) is 13.8. The molecule has 0 spiro atoms. The van der Waals surface area contributed by atoms with Gasteiger partial charge in [-0.25, -0.2) is 9.13 Å². The molecule has 0 fully saturated rings. The summed E-state index contributed by atoms with van der Waals surface area (Å²) in [7, 11) is -9.91. The Hall–Kier alpha value is -1.94. The largest absolute Gasteiger partial charge is 0.472 e. The molecule has 5 atom stereocenters. The number of unbranched alkanes of at least 4 members (excludes halogenated alkanes) is 53. The highest BCUT2D eigenvalue weighted by molar-refractivity contribution is 7.47. The Labute approximate surface area is 594 Å². The summed E-state index contributed by atoms with van der Waals surface area (Å²) in [5, 5.41) is 10.6. The van der Waals surface area contributed by atoms with E-state index in [2.05, 4.69) is 27.7 Å². The van der Waals surface area contributed by atoms with E-state index in [9.17, 15) is 43.2 Å². The lowest BCUT2D eigenvalue weighted by Gasteiger charge is -2.21. The Morgan fingerprint density at radius 1 is 0.247 bits per heavy atom. The number of ether oxygens (including phenoxy) is 4. The van der Waals surface area contributed by atoms with Crippen LogP contribution in [0.3, 0.4) is 0 Å². The van der Waals surface area contributed by atoms with Crippen LogP contribution in [0.15, 0.2) is 0 Å². The number of phosphoric ester groups is 2. The molecule has 0 heterocycles. The topological polar surface area (TPSA) is 237 Å². The van der Waals surface area contributed by atoms with Gasteiger partial charge in [0.1, 0.15) is 19.3 Å². The molecule has 0 aromatic heterocycles. The number of phosphoric acid groups is 2. The van der Waals surface area contributed by atoms with Crippen molar-refractivity contribution in [1.82, 2.24) is 0 Å². The van der Waals surface area contributed by atoms with Gasteiger partial charge in [0, 0.05) is 25.7 Å². The van der Waals surface area contributed by atoms with E-state index >= 15 is 0 Å². The molecule has 0 radical (unpaired) electrons. The number of carbonyl (C=O) groups excluding carboxylic acids is 4. The molecule has 0 aliphatic rings. The van der Waals surface area contributed by atoms with Crippen molar-refractivity contribution in [3.63, 3.8) is 0 Å². The van der Waals surface area contributed by atoms with Crippen molar-refractivity contribution < 1.29 is 80.2 Å². The second-order valence-corrected chi connectivity index (χ2v) is 31.0. The minimum absolute atomic E-state index is 0.109. The number of hydrogen-bond acceptors (Lipinski definition) is 15. The molecular formula is C78H152O17P2. The molecule has 0 saturated heterocycles. The van der Waals surface area contributed by atoms with E-state index in [-0.39, 0.29) is 25.7 Å². The van der Waals surface area contributed by atoms with Gasteiger partial charge in [-0.15, -0.1) is 0 Å². The summed E-state index contributed by atoms with van der Waals surface area (Å²) in [6.45, 7) is 5.01. The van der Waals surface area contributed by atoms with Crippen molar-refractivity contribution in [3.8, 4) is 0 Å². The zero-order valence-electron chi connectivity index (χ0n) is 63.1. The second kappa shape index (κ2) is 72.4. The molecule has 0 aliphatic heterocycles. The van der Waals surface area contributed by atoms with Crippen molar-refractivity contribution >= 4 is 39.5 Å². The molecule has 0 rings (SSSR count). The van der Waals surface area contributed by atoms with Crippen molar-refractivity contribution in [1.29, 1.82) is 0 Å². The SMILES string of the molecule is CCCCCCCCCCCCCCCCCCCC(=O)O[C@H](COC(=O)CCCCCCCCCCCCCCCCCC)COP(=O)(O)OC[C@@H](O)COP(=O)(O)OC[C@@H](COC(=O)CCCCCCCCCCCCC)OC(=O)CCCCCCCCCCCCCCC. The number of aliphatic hydroxyl groups is 1. The lowest BCUT2D eigenvalue weighted by atomic mass is 10.0. The average molecular weight is 1420 g/mol. The first-order valence-electron chi connectivity index (χ1n) is 40.8. The summed E-state index contributed by atoms with van der Waals surface area (Å²) in [5.74, 6) is -2.11. The fourth-order valence-electron chi connectivity index (χ4n) is 12.1. The summed E-state index contributed by atoms with van der Waals surface area (Å²) < 4.78 is 68.6. The van der Waals surface area contributed by atoms with Gasteiger partial charge in [0.2, 0.25) is 0 Å². The summed E-state index contributed by atoms with van der Waals surface area (Å²) in [6.07, 6.45) is 63.6. The van der Waals surface area contributed by atoms with E-state index in [0.29, 0.717) is 25.7 Å². The third-order valence-electron chi connectivity index (χ3n) is 18.4. The van der Waals surface area contributed by atoms with Gasteiger partial charge in [0.25, 0.3) is 0 Å². The molecule has 17 nitrogen and oxygen atoms in total. The molecule has 97 heavy (non-hydrogen) atoms. The van der Waals surface area contributed by atoms with Gasteiger partial charge in [0.15, 0.2) is 12.2 Å². The summed E-state index contributed by atoms with van der Waals surface area (Å²) >= 11 is 0. The minimum atomic E-state index is -4.96. The molecule has 0 bridgehead atoms. The van der Waals surface area contributed by atoms with E-state index in [1.54, 1.807) is 0 Å². The van der Waals surface area contributed by atoms with Gasteiger partial charge < -0.3 is 33.8 Å². The second-order valence-electron chi connectivity index (χ2n) is 28.1. The summed E-state index contributed by atoms with van der Waals surface area (Å²) in [6, 6.07) is 0. The number of hydrogen-bond donors (Lipinski definition) is 3. The Balaban J connectivity index is 5.24. The smallest absolute Gasteiger partial charge is 0.462 e. The maximum Gasteiger partial charge on any atom is 0.472 e. The van der Waals surface area contributed by atoms with Gasteiger partial charge in [-0.2, -0.15) is 0 Å². The minimum Gasteiger partial charge on any atom is -0.462 e. The quantitative estimate of drug-likeness (QED) is 0.0222. The average Bonchev–Trinajstić information content (AvgIpc) is 1.38. The molecular weight excluding hydrogens is 1270 g/mol. The highest BCUT2D eigenvalue weighted by atomic mass is 31.2. The Morgan fingerprint density at radius 3 is 0.608 bits per heavy atom. The van der Waals surface area contributed by atoms with Crippen LogP contribution in [0.2, 0.25) is 0 Å². The van der Waals surface area contributed by atoms with E-state index in [4.69, 9.17) is 37.0 Å². The van der Waals surface area contributed by atoms with Crippen LogP contribution in [0.5, 0.6) is 0 Å². The monoisotopic (exact) mass is 1420 g/mol. The van der Waals surface area contributed by atoms with Crippen LogP contribution in [0.25, 0.3) is 0 Å². The van der Waals surface area contributed by atoms with Crippen LogP contribution < -0.4 is 0 Å². The highest BCUT2D eigenvalue weighted by Crippen LogP contribution is 2.45. The maximum absolute atomic E-state index is 13.1. The number of carbonyl (C=O) groups is 4. The van der Waals surface area contributed by atoms with Crippen molar-refractivity contribution in [3.05, 3.63) is 0 Å². The predicted octanol–water partition coefficient (Wildman–Crippen LogP) is 23.4. The molecule has 0 aromatic carbocycles. The predicted molar refractivity (Wildman–Crippen MR) is 395 cm³/mol. The van der Waals surface area contributed by atoms with E-state index < -0.39 is 97.5 Å². The fraction of sp³-hybridized carbons (Fsp3) is 0.949. The molecule has 2 unspecified atom stereocenters. The van der Waals surface area contributed by atoms with Gasteiger partial charge in [-0.1, -0.05) is 368 Å². The summed E-state index contributed by atoms with van der Waals surface area (Å²) in [5.41, 5.74) is 0. The molecule has 0 saturated carbocycles. The molecule has 0 aliphatic carbocycles. The van der Waals surface area contributed by atoms with Crippen LogP contribution in [0.1, 0.15) is 419 Å². The number of aliphatic hydroxyl groups excluding tert-OH is 1. The lowest BCUT2D eigenvalue weighted by molar-refractivity contribution is -0.161. The lowest BCUT2D eigenvalue weighted by Crippen LogP contribution is -2.30. The Kier molecular flexibility index (Phi) is 71.0. The third-order valence-corrected chi connectivity index (χ3v) is 20.3. The van der Waals surface area contributed by atoms with Crippen LogP contribution in [0.4, 0.5) is 0 Å². The van der Waals surface area contributed by atoms with Gasteiger partial charge in [-0.3, -0.25) is 37.3 Å². The summed E-state index contributed by atoms with van der Waals surface area (Å²) in [4.78, 5) is 72.9. The van der Waals surface area contributed by atoms with Gasteiger partial charge in [-0.05, 0) is 25.7 Å². The highest BCUT2D eigenvalue weighted by Gasteiger charge is 2.30. The zero-order chi connectivity index (χ0) is 71.1. The van der Waals surface area contributed by atoms with Crippen molar-refractivity contribution in [2.45, 2.75) is 438 Å². The Morgan fingerprint density at radius 2 is 0.412 bits per heavy atom. The van der Waals surface area contributed by atoms with E-state index in [0.717, 1.165) is 89.9 Å². The van der Waals surface area contributed by atoms with Gasteiger partial charge >= 0.3 is 39.5 Å². The van der Waals surface area contributed by atoms with E-state index in [1.807, 2.05) is 0 Å². The standard InChI is InChI=1S/C78H152O17P2/c1-5-9-13-17-21-25-29-32-34-36-38-41-45-49-53-57-61-65-78(83)95-74(69-89-76(81)63-59-55-51-47-43-40-37-35-33-30-26-22-18-14-10-6-2)71-93-97(86,87)91-67-72(79)66-90-96(84,85)92-70-73(68-88-75(80)62-58-54-50-46-42-28-24-20-16-12-8-4)94-77(82)64-60-56-52-48-44-39-31-27-23-19-15-11-7-3/h72-74,79H,5-71H2,1-4H3,(H,84,85)(H,86,87)/t72-,73+,74+/m0/s1. The van der Waals surface area contributed by atoms with E-state index in [1.165, 1.54) is 250 Å². The van der Waals surface area contributed by atoms with Crippen molar-refractivity contribution in [2.75, 3.05) is 39.6 Å². The van der Waals surface area contributed by atoms with Crippen LogP contribution in [-0.2, 0) is 65.4 Å². The molecule has 3 N–H and O–H groups in total. The zero-order valence-corrected chi connectivity index (χ0v) is 64.8. The molecule has 0 aromatic rings. The molecule has 576 valence electrons. The Bertz CT molecular complexity index is 1840. The van der Waals surface area contributed by atoms with Crippen LogP contribution in [0, 0.1) is 0 Å². The first kappa shape index (κ1) is 95.1. The van der Waals surface area contributed by atoms with Gasteiger partial charge in [0.05, 0.1) is 26.4 Å². The fourth-order valence-corrected chi connectivity index (χ4v) is 13.7. The number of rotatable bonds is 79. The van der Waals surface area contributed by atoms with Crippen LogP contribution in [-0.4, -0.2) is 96.7 Å². The van der Waals surface area contributed by atoms with Crippen LogP contribution >= 0.6 is 15.6 Å². The molecule has 0 amide bonds. The maximum atomic E-state index is 13.1. The molecule has 19 heteroatoms. The number of esters is 4. The first-order valence-corrected chi connectivity index (χ1v) is 43.8. The third kappa shape index (κ3) is 72.2.